The van der Waals surface area contributed by atoms with Crippen molar-refractivity contribution in [2.45, 2.75) is 51.0 Å². The van der Waals surface area contributed by atoms with E-state index in [1.165, 1.54) is 19.3 Å². The van der Waals surface area contributed by atoms with Crippen molar-refractivity contribution in [2.75, 3.05) is 26.7 Å². The summed E-state index contributed by atoms with van der Waals surface area (Å²) in [5.41, 5.74) is 0. The summed E-state index contributed by atoms with van der Waals surface area (Å²) in [6.45, 7) is 2.41. The van der Waals surface area contributed by atoms with Crippen molar-refractivity contribution in [3.8, 4) is 0 Å². The standard InChI is InChI=1S/C19H30N4O2/c1-20-19(21-11-9-17-8-5-13-25-17)22-16-10-12-23(14-16)18(24)15-6-3-2-4-7-15/h5,8,13,15-16H,2-4,6-7,9-12,14H2,1H3,(H2,20,21,22). The number of hydrogen-bond donors (Lipinski definition) is 2. The molecule has 6 nitrogen and oxygen atoms in total. The number of aliphatic imine (C=N–C) groups is 1. The maximum Gasteiger partial charge on any atom is 0.225 e. The Morgan fingerprint density at radius 2 is 2.16 bits per heavy atom. The van der Waals surface area contributed by atoms with Gasteiger partial charge in [0.25, 0.3) is 0 Å². The van der Waals surface area contributed by atoms with Crippen LogP contribution in [0.5, 0.6) is 0 Å². The Balaban J connectivity index is 1.40. The van der Waals surface area contributed by atoms with Gasteiger partial charge in [0.15, 0.2) is 5.96 Å². The summed E-state index contributed by atoms with van der Waals surface area (Å²) >= 11 is 0. The summed E-state index contributed by atoms with van der Waals surface area (Å²) in [5, 5.41) is 6.77. The molecule has 1 aromatic heterocycles. The molecular formula is C19H30N4O2. The minimum atomic E-state index is 0.262. The zero-order chi connectivity index (χ0) is 17.5. The molecule has 1 aliphatic heterocycles. The lowest BCUT2D eigenvalue weighted by molar-refractivity contribution is -0.135. The van der Waals surface area contributed by atoms with E-state index in [4.69, 9.17) is 4.42 Å². The summed E-state index contributed by atoms with van der Waals surface area (Å²) in [6.07, 6.45) is 9.35. The van der Waals surface area contributed by atoms with Crippen molar-refractivity contribution in [3.05, 3.63) is 24.2 Å². The van der Waals surface area contributed by atoms with Gasteiger partial charge in [0.1, 0.15) is 5.76 Å². The summed E-state index contributed by atoms with van der Waals surface area (Å²) in [6, 6.07) is 4.16. The van der Waals surface area contributed by atoms with Gasteiger partial charge in [-0.1, -0.05) is 19.3 Å². The van der Waals surface area contributed by atoms with Crippen molar-refractivity contribution < 1.29 is 9.21 Å². The van der Waals surface area contributed by atoms with Gasteiger partial charge in [-0.2, -0.15) is 0 Å². The molecule has 1 aromatic rings. The third-order valence-electron chi connectivity index (χ3n) is 5.26. The Morgan fingerprint density at radius 3 is 2.88 bits per heavy atom. The number of nitrogens with one attached hydrogen (secondary N) is 2. The number of guanidine groups is 1. The molecule has 1 unspecified atom stereocenters. The number of amides is 1. The first-order valence-electron chi connectivity index (χ1n) is 9.54. The molecule has 0 radical (unpaired) electrons. The van der Waals surface area contributed by atoms with Crippen molar-refractivity contribution in [2.24, 2.45) is 10.9 Å². The van der Waals surface area contributed by atoms with Gasteiger partial charge in [0, 0.05) is 45.1 Å². The predicted molar refractivity (Wildman–Crippen MR) is 98.5 cm³/mol. The number of hydrogen-bond acceptors (Lipinski definition) is 3. The van der Waals surface area contributed by atoms with Crippen LogP contribution in [-0.2, 0) is 11.2 Å². The second kappa shape index (κ2) is 8.92. The van der Waals surface area contributed by atoms with Crippen LogP contribution in [0.3, 0.4) is 0 Å². The molecule has 1 saturated heterocycles. The second-order valence-corrected chi connectivity index (χ2v) is 7.08. The highest BCUT2D eigenvalue weighted by Crippen LogP contribution is 2.26. The smallest absolute Gasteiger partial charge is 0.225 e. The third-order valence-corrected chi connectivity index (χ3v) is 5.26. The van der Waals surface area contributed by atoms with Crippen LogP contribution < -0.4 is 10.6 Å². The van der Waals surface area contributed by atoms with Gasteiger partial charge in [0.05, 0.1) is 6.26 Å². The van der Waals surface area contributed by atoms with Crippen LogP contribution >= 0.6 is 0 Å². The normalized spacial score (nSPS) is 22.2. The number of carbonyl (C=O) groups is 1. The molecule has 1 saturated carbocycles. The minimum Gasteiger partial charge on any atom is -0.469 e. The van der Waals surface area contributed by atoms with E-state index in [-0.39, 0.29) is 12.0 Å². The molecule has 3 rings (SSSR count). The molecule has 6 heteroatoms. The van der Waals surface area contributed by atoms with Gasteiger partial charge in [-0.25, -0.2) is 0 Å². The number of carbonyl (C=O) groups excluding carboxylic acids is 1. The number of likely N-dealkylation sites (tertiary alicyclic amines) is 1. The van der Waals surface area contributed by atoms with Gasteiger partial charge in [-0.05, 0) is 31.4 Å². The van der Waals surface area contributed by atoms with E-state index in [1.807, 2.05) is 17.0 Å². The summed E-state index contributed by atoms with van der Waals surface area (Å²) in [5.74, 6) is 2.39. The fourth-order valence-corrected chi connectivity index (χ4v) is 3.83. The van der Waals surface area contributed by atoms with Crippen LogP contribution in [-0.4, -0.2) is 49.5 Å². The molecule has 1 aliphatic carbocycles. The molecule has 2 fully saturated rings. The van der Waals surface area contributed by atoms with E-state index in [2.05, 4.69) is 15.6 Å². The first kappa shape index (κ1) is 17.8. The van der Waals surface area contributed by atoms with Crippen molar-refractivity contribution in [3.63, 3.8) is 0 Å². The first-order chi connectivity index (χ1) is 12.3. The number of nitrogens with zero attached hydrogens (tertiary/aromatic N) is 2. The van der Waals surface area contributed by atoms with Gasteiger partial charge in [-0.15, -0.1) is 0 Å². The van der Waals surface area contributed by atoms with Crippen LogP contribution in [0.25, 0.3) is 0 Å². The van der Waals surface area contributed by atoms with E-state index in [1.54, 1.807) is 13.3 Å². The van der Waals surface area contributed by atoms with Gasteiger partial charge < -0.3 is 20.0 Å². The highest BCUT2D eigenvalue weighted by Gasteiger charge is 2.31. The van der Waals surface area contributed by atoms with Crippen molar-refractivity contribution in [1.82, 2.24) is 15.5 Å². The molecule has 2 aliphatic rings. The lowest BCUT2D eigenvalue weighted by Gasteiger charge is -2.26. The van der Waals surface area contributed by atoms with Crippen LogP contribution in [0.2, 0.25) is 0 Å². The van der Waals surface area contributed by atoms with Crippen LogP contribution in [0.1, 0.15) is 44.3 Å². The first-order valence-corrected chi connectivity index (χ1v) is 9.54. The highest BCUT2D eigenvalue weighted by molar-refractivity contribution is 5.81. The molecule has 0 bridgehead atoms. The Morgan fingerprint density at radius 1 is 1.32 bits per heavy atom. The number of rotatable bonds is 5. The fourth-order valence-electron chi connectivity index (χ4n) is 3.83. The Kier molecular flexibility index (Phi) is 6.36. The van der Waals surface area contributed by atoms with E-state index in [0.717, 1.165) is 57.0 Å². The SMILES string of the molecule is CN=C(NCCc1ccco1)NC1CCN(C(=O)C2CCCCC2)C1. The zero-order valence-electron chi connectivity index (χ0n) is 15.2. The van der Waals surface area contributed by atoms with Gasteiger partial charge >= 0.3 is 0 Å². The van der Waals surface area contributed by atoms with E-state index in [9.17, 15) is 4.79 Å². The molecule has 138 valence electrons. The summed E-state index contributed by atoms with van der Waals surface area (Å²) in [4.78, 5) is 19.0. The Labute approximate surface area is 150 Å². The van der Waals surface area contributed by atoms with Crippen molar-refractivity contribution >= 4 is 11.9 Å². The molecule has 2 heterocycles. The quantitative estimate of drug-likeness (QED) is 0.633. The van der Waals surface area contributed by atoms with Crippen LogP contribution in [0.15, 0.2) is 27.8 Å². The monoisotopic (exact) mass is 346 g/mol. The largest absolute Gasteiger partial charge is 0.469 e. The lowest BCUT2D eigenvalue weighted by Crippen LogP contribution is -2.46. The Bertz CT molecular complexity index is 564. The predicted octanol–water partition coefficient (Wildman–Crippen LogP) is 2.17. The van der Waals surface area contributed by atoms with E-state index >= 15 is 0 Å². The second-order valence-electron chi connectivity index (χ2n) is 7.08. The maximum atomic E-state index is 12.6. The lowest BCUT2D eigenvalue weighted by atomic mass is 9.88. The van der Waals surface area contributed by atoms with Crippen LogP contribution in [0, 0.1) is 5.92 Å². The summed E-state index contributed by atoms with van der Waals surface area (Å²) < 4.78 is 5.34. The highest BCUT2D eigenvalue weighted by atomic mass is 16.3. The number of furan rings is 1. The minimum absolute atomic E-state index is 0.262. The van der Waals surface area contributed by atoms with E-state index in [0.29, 0.717) is 5.91 Å². The molecule has 25 heavy (non-hydrogen) atoms. The summed E-state index contributed by atoms with van der Waals surface area (Å²) in [7, 11) is 1.78. The average molecular weight is 346 g/mol. The topological polar surface area (TPSA) is 69.9 Å². The zero-order valence-corrected chi connectivity index (χ0v) is 15.2. The molecule has 0 spiro atoms. The van der Waals surface area contributed by atoms with Gasteiger partial charge in [-0.3, -0.25) is 9.79 Å². The molecule has 0 aromatic carbocycles. The molecule has 2 N–H and O–H groups in total. The van der Waals surface area contributed by atoms with Gasteiger partial charge in [0.2, 0.25) is 5.91 Å². The molecule has 1 atom stereocenters. The average Bonchev–Trinajstić information content (AvgIpc) is 3.33. The molecule has 1 amide bonds. The van der Waals surface area contributed by atoms with Crippen LogP contribution in [0.4, 0.5) is 0 Å². The maximum absolute atomic E-state index is 12.6. The Hall–Kier alpha value is -1.98. The van der Waals surface area contributed by atoms with E-state index < -0.39 is 0 Å². The van der Waals surface area contributed by atoms with Crippen molar-refractivity contribution in [1.29, 1.82) is 0 Å². The molecular weight excluding hydrogens is 316 g/mol. The fraction of sp³-hybridized carbons (Fsp3) is 0.684. The third kappa shape index (κ3) is 5.00.